The molecule has 0 atom stereocenters. The Balaban J connectivity index is 5.51. The number of nitrogens with zero attached hydrogens (tertiary/aromatic N) is 2. The van der Waals surface area contributed by atoms with Crippen molar-refractivity contribution in [3.05, 3.63) is 0 Å². The first-order chi connectivity index (χ1) is 5.41. The fraction of sp³-hybridized carbons (Fsp3) is 1.00. The van der Waals surface area contributed by atoms with E-state index in [9.17, 15) is 7.08 Å². The molecule has 0 amide bonds. The summed E-state index contributed by atoms with van der Waals surface area (Å²) < 4.78 is 30.4. The summed E-state index contributed by atoms with van der Waals surface area (Å²) in [5.41, 5.74) is -1.11. The van der Waals surface area contributed by atoms with E-state index in [0.29, 0.717) is 0 Å². The van der Waals surface area contributed by atoms with Crippen LogP contribution >= 0.6 is 0 Å². The van der Waals surface area contributed by atoms with Crippen molar-refractivity contribution in [2.75, 3.05) is 0 Å². The van der Waals surface area contributed by atoms with Crippen LogP contribution in [0.25, 0.3) is 0 Å². The van der Waals surface area contributed by atoms with E-state index in [1.807, 2.05) is 0 Å². The summed E-state index contributed by atoms with van der Waals surface area (Å²) in [6.45, 7) is 10.5. The van der Waals surface area contributed by atoms with Gasteiger partial charge >= 0.3 is 81.6 Å². The van der Waals surface area contributed by atoms with E-state index >= 15 is 0 Å². The van der Waals surface area contributed by atoms with Gasteiger partial charge in [0.15, 0.2) is 0 Å². The van der Waals surface area contributed by atoms with Crippen LogP contribution in [0.15, 0.2) is 7.29 Å². The zero-order valence-corrected chi connectivity index (χ0v) is 11.6. The van der Waals surface area contributed by atoms with Crippen molar-refractivity contribution in [1.82, 2.24) is 0 Å². The first kappa shape index (κ1) is 12.8. The molecule has 4 nitrogen and oxygen atoms in total. The van der Waals surface area contributed by atoms with Gasteiger partial charge in [-0.15, -0.1) is 0 Å². The Kier molecular flexibility index (Phi) is 3.49. The van der Waals surface area contributed by atoms with Crippen molar-refractivity contribution in [3.8, 4) is 0 Å². The third-order valence-corrected chi connectivity index (χ3v) is 5.52. The molecule has 0 saturated heterocycles. The second-order valence-corrected chi connectivity index (χ2v) is 8.81. The summed E-state index contributed by atoms with van der Waals surface area (Å²) in [4.78, 5) is 0. The molecule has 0 aromatic heterocycles. The van der Waals surface area contributed by atoms with E-state index in [-0.39, 0.29) is 0 Å². The summed E-state index contributed by atoms with van der Waals surface area (Å²) in [6, 6.07) is 0. The molecule has 80 valence electrons. The van der Waals surface area contributed by atoms with Gasteiger partial charge in [-0.25, -0.2) is 0 Å². The first-order valence-corrected chi connectivity index (χ1v) is 8.40. The van der Waals surface area contributed by atoms with Crippen molar-refractivity contribution >= 4 is 0 Å². The van der Waals surface area contributed by atoms with Gasteiger partial charge in [-0.1, -0.05) is 0 Å². The van der Waals surface area contributed by atoms with Gasteiger partial charge in [0.05, 0.1) is 0 Å². The summed E-state index contributed by atoms with van der Waals surface area (Å²) in [7, 11) is 0. The quantitative estimate of drug-likeness (QED) is 0.664. The number of rotatable bonds is 0. The SMILES string of the molecule is CC(C)(C)[N]=[Os](=[O])(=[O])=[N]C(C)(C)C. The first-order valence-electron chi connectivity index (χ1n) is 4.05. The van der Waals surface area contributed by atoms with Crippen LogP contribution in [0.1, 0.15) is 41.5 Å². The van der Waals surface area contributed by atoms with E-state index in [1.165, 1.54) is 0 Å². The number of hydrogen-bond donors (Lipinski definition) is 0. The van der Waals surface area contributed by atoms with Crippen LogP contribution in [0.4, 0.5) is 0 Å². The third-order valence-electron chi connectivity index (χ3n) is 0.674. The van der Waals surface area contributed by atoms with Crippen LogP contribution in [0.2, 0.25) is 0 Å². The third kappa shape index (κ3) is 8.17. The molecule has 0 radical (unpaired) electrons. The molecule has 5 heteroatoms. The molecule has 0 saturated carbocycles. The predicted octanol–water partition coefficient (Wildman–Crippen LogP) is 2.80. The summed E-state index contributed by atoms with van der Waals surface area (Å²) in [5, 5.41) is 0. The summed E-state index contributed by atoms with van der Waals surface area (Å²) >= 11 is -4.80. The standard InChI is InChI=1S/2C4H9N.2O.Os/c2*1-4(2,3)5;;;/h2*1-3H3;;;. The topological polar surface area (TPSA) is 58.9 Å². The summed E-state index contributed by atoms with van der Waals surface area (Å²) in [6.07, 6.45) is 0. The molecule has 0 aliphatic rings. The molecule has 0 aliphatic carbocycles. The van der Waals surface area contributed by atoms with Gasteiger partial charge < -0.3 is 0 Å². The maximum absolute atomic E-state index is 11.4. The molecule has 0 bridgehead atoms. The Labute approximate surface area is 81.8 Å². The van der Waals surface area contributed by atoms with Gasteiger partial charge in [-0.2, -0.15) is 0 Å². The Bertz CT molecular complexity index is 378. The minimum atomic E-state index is -4.80. The van der Waals surface area contributed by atoms with Gasteiger partial charge in [0.25, 0.3) is 0 Å². The summed E-state index contributed by atoms with van der Waals surface area (Å²) in [5.74, 6) is 0. The minimum absolute atomic E-state index is 0.554. The zero-order chi connectivity index (χ0) is 10.9. The average Bonchev–Trinajstić information content (AvgIpc) is 1.43. The van der Waals surface area contributed by atoms with Gasteiger partial charge in [0.2, 0.25) is 0 Å². The van der Waals surface area contributed by atoms with Crippen molar-refractivity contribution < 1.29 is 21.6 Å². The Morgan fingerprint density at radius 2 is 1.00 bits per heavy atom. The van der Waals surface area contributed by atoms with Crippen LogP contribution < -0.4 is 0 Å². The van der Waals surface area contributed by atoms with Crippen molar-refractivity contribution in [1.29, 1.82) is 0 Å². The normalized spacial score (nSPS) is 14.0. The molecule has 0 unspecified atom stereocenters. The molecule has 0 N–H and O–H groups in total. The van der Waals surface area contributed by atoms with Crippen LogP contribution in [0.5, 0.6) is 0 Å². The molecule has 0 spiro atoms. The van der Waals surface area contributed by atoms with Crippen molar-refractivity contribution in [3.63, 3.8) is 0 Å². The molecular weight excluding hydrogens is 346 g/mol. The second-order valence-electron chi connectivity index (χ2n) is 4.89. The van der Waals surface area contributed by atoms with Crippen LogP contribution in [0, 0.1) is 0 Å². The average molecular weight is 364 g/mol. The van der Waals surface area contributed by atoms with Crippen LogP contribution in [-0.4, -0.2) is 11.1 Å². The maximum atomic E-state index is 11.4. The van der Waals surface area contributed by atoms with E-state index < -0.39 is 25.6 Å². The van der Waals surface area contributed by atoms with Gasteiger partial charge in [0.1, 0.15) is 0 Å². The monoisotopic (exact) mass is 366 g/mol. The van der Waals surface area contributed by atoms with Crippen molar-refractivity contribution in [2.45, 2.75) is 52.6 Å². The van der Waals surface area contributed by atoms with E-state index in [0.717, 1.165) is 0 Å². The fourth-order valence-electron chi connectivity index (χ4n) is 0.617. The van der Waals surface area contributed by atoms with Gasteiger partial charge in [-0.05, 0) is 0 Å². The van der Waals surface area contributed by atoms with Gasteiger partial charge in [-0.3, -0.25) is 0 Å². The van der Waals surface area contributed by atoms with E-state index in [2.05, 4.69) is 7.29 Å². The van der Waals surface area contributed by atoms with E-state index in [4.69, 9.17) is 0 Å². The number of hydrogen-bond acceptors (Lipinski definition) is 4. The van der Waals surface area contributed by atoms with E-state index in [1.54, 1.807) is 41.5 Å². The fourth-order valence-corrected chi connectivity index (χ4v) is 5.05. The Morgan fingerprint density at radius 1 is 0.769 bits per heavy atom. The molecule has 0 heterocycles. The molecule has 0 fully saturated rings. The van der Waals surface area contributed by atoms with Gasteiger partial charge in [0, 0.05) is 0 Å². The van der Waals surface area contributed by atoms with Crippen molar-refractivity contribution in [2.24, 2.45) is 7.29 Å². The second kappa shape index (κ2) is 3.53. The molecule has 13 heavy (non-hydrogen) atoms. The molecular formula is C8H18N2O2Os. The molecule has 0 aromatic carbocycles. The molecule has 0 rings (SSSR count). The Hall–Kier alpha value is -0.164. The Morgan fingerprint density at radius 3 is 1.15 bits per heavy atom. The zero-order valence-electron chi connectivity index (χ0n) is 9.06. The van der Waals surface area contributed by atoms with Crippen LogP contribution in [0.3, 0.4) is 0 Å². The molecule has 0 aliphatic heterocycles. The van der Waals surface area contributed by atoms with Crippen LogP contribution in [-0.2, 0) is 21.6 Å². The predicted molar refractivity (Wildman–Crippen MR) is 45.7 cm³/mol. The molecule has 0 aromatic rings.